The van der Waals surface area contributed by atoms with Crippen molar-refractivity contribution in [3.63, 3.8) is 0 Å². The quantitative estimate of drug-likeness (QED) is 0.817. The van der Waals surface area contributed by atoms with Gasteiger partial charge in [-0.2, -0.15) is 0 Å². The first-order valence-corrected chi connectivity index (χ1v) is 5.08. The number of rotatable bonds is 2. The Morgan fingerprint density at radius 2 is 2.22 bits per heavy atom. The highest BCUT2D eigenvalue weighted by Crippen LogP contribution is 2.20. The fourth-order valence-corrected chi connectivity index (χ4v) is 1.34. The number of amides is 1. The Balaban J connectivity index is 2.38. The van der Waals surface area contributed by atoms with Gasteiger partial charge in [0.25, 0.3) is 0 Å². The second-order valence-electron chi connectivity index (χ2n) is 3.19. The zero-order valence-electron chi connectivity index (χ0n) is 8.76. The number of anilines is 1. The molecular formula is C10H6ClFN4O2. The van der Waals surface area contributed by atoms with Crippen LogP contribution in [0.15, 0.2) is 24.5 Å². The number of pyridine rings is 1. The Kier molecular flexibility index (Phi) is 3.33. The van der Waals surface area contributed by atoms with Crippen molar-refractivity contribution < 1.29 is 14.3 Å². The van der Waals surface area contributed by atoms with Crippen LogP contribution in [0.3, 0.4) is 0 Å². The van der Waals surface area contributed by atoms with E-state index in [0.717, 1.165) is 6.07 Å². The molecule has 8 heteroatoms. The van der Waals surface area contributed by atoms with Crippen molar-refractivity contribution in [3.8, 4) is 11.3 Å². The van der Waals surface area contributed by atoms with Crippen LogP contribution in [-0.4, -0.2) is 26.2 Å². The van der Waals surface area contributed by atoms with Gasteiger partial charge in [0, 0.05) is 18.0 Å². The first-order valence-electron chi connectivity index (χ1n) is 4.70. The predicted octanol–water partition coefficient (Wildman–Crippen LogP) is 2.42. The van der Waals surface area contributed by atoms with E-state index in [1.54, 1.807) is 0 Å². The van der Waals surface area contributed by atoms with Gasteiger partial charge in [-0.05, 0) is 12.1 Å². The molecule has 2 N–H and O–H groups in total. The maximum Gasteiger partial charge on any atom is 0.411 e. The first kappa shape index (κ1) is 12.2. The summed E-state index contributed by atoms with van der Waals surface area (Å²) < 4.78 is 13.2. The molecule has 0 saturated carbocycles. The highest BCUT2D eigenvalue weighted by atomic mass is 35.5. The zero-order valence-corrected chi connectivity index (χ0v) is 9.52. The van der Waals surface area contributed by atoms with Gasteiger partial charge in [0.05, 0.1) is 5.69 Å². The van der Waals surface area contributed by atoms with Gasteiger partial charge in [0.2, 0.25) is 5.95 Å². The van der Waals surface area contributed by atoms with E-state index in [1.165, 1.54) is 18.5 Å². The highest BCUT2D eigenvalue weighted by Gasteiger charge is 2.08. The van der Waals surface area contributed by atoms with Crippen LogP contribution in [0.5, 0.6) is 0 Å². The lowest BCUT2D eigenvalue weighted by Crippen LogP contribution is -2.10. The molecule has 18 heavy (non-hydrogen) atoms. The molecular weight excluding hydrogens is 263 g/mol. The summed E-state index contributed by atoms with van der Waals surface area (Å²) in [6, 6.07) is 2.65. The molecule has 0 aliphatic rings. The molecule has 0 aliphatic heterocycles. The average Bonchev–Trinajstić information content (AvgIpc) is 2.32. The van der Waals surface area contributed by atoms with Gasteiger partial charge in [-0.15, -0.1) is 0 Å². The lowest BCUT2D eigenvalue weighted by Gasteiger charge is -2.03. The molecule has 0 saturated heterocycles. The third-order valence-electron chi connectivity index (χ3n) is 1.97. The lowest BCUT2D eigenvalue weighted by molar-refractivity contribution is 0.209. The number of aromatic nitrogens is 3. The summed E-state index contributed by atoms with van der Waals surface area (Å²) in [6.45, 7) is 0. The van der Waals surface area contributed by atoms with E-state index in [4.69, 9.17) is 16.7 Å². The van der Waals surface area contributed by atoms with E-state index < -0.39 is 11.9 Å². The number of carbonyl (C=O) groups is 1. The van der Waals surface area contributed by atoms with Crippen molar-refractivity contribution in [2.45, 2.75) is 0 Å². The predicted molar refractivity (Wildman–Crippen MR) is 61.9 cm³/mol. The van der Waals surface area contributed by atoms with Crippen molar-refractivity contribution in [2.75, 3.05) is 5.32 Å². The molecule has 0 atom stereocenters. The van der Waals surface area contributed by atoms with Crippen LogP contribution in [0.4, 0.5) is 15.1 Å². The minimum atomic E-state index is -1.28. The number of carboxylic acid groups (broad SMARTS) is 1. The van der Waals surface area contributed by atoms with Crippen molar-refractivity contribution in [1.29, 1.82) is 0 Å². The number of hydrogen-bond donors (Lipinski definition) is 2. The Morgan fingerprint density at radius 3 is 2.89 bits per heavy atom. The summed E-state index contributed by atoms with van der Waals surface area (Å²) in [6.07, 6.45) is 1.39. The largest absolute Gasteiger partial charge is 0.465 e. The van der Waals surface area contributed by atoms with E-state index in [9.17, 15) is 9.18 Å². The highest BCUT2D eigenvalue weighted by molar-refractivity contribution is 6.29. The Morgan fingerprint density at radius 1 is 1.44 bits per heavy atom. The lowest BCUT2D eigenvalue weighted by atomic mass is 10.2. The van der Waals surface area contributed by atoms with Crippen LogP contribution in [0.2, 0.25) is 5.15 Å². The summed E-state index contributed by atoms with van der Waals surface area (Å²) in [5.74, 6) is -0.782. The van der Waals surface area contributed by atoms with Crippen molar-refractivity contribution in [3.05, 3.63) is 35.5 Å². The van der Waals surface area contributed by atoms with Gasteiger partial charge >= 0.3 is 6.09 Å². The van der Waals surface area contributed by atoms with Gasteiger partial charge in [0.1, 0.15) is 0 Å². The molecule has 0 fully saturated rings. The van der Waals surface area contributed by atoms with E-state index in [2.05, 4.69) is 15.0 Å². The molecule has 0 radical (unpaired) electrons. The minimum absolute atomic E-state index is 0.102. The van der Waals surface area contributed by atoms with E-state index in [-0.39, 0.29) is 11.1 Å². The molecule has 6 nitrogen and oxygen atoms in total. The summed E-state index contributed by atoms with van der Waals surface area (Å²) >= 11 is 5.46. The molecule has 0 aliphatic carbocycles. The Hall–Kier alpha value is -2.28. The summed E-state index contributed by atoms with van der Waals surface area (Å²) in [4.78, 5) is 21.7. The maximum absolute atomic E-state index is 13.2. The molecule has 0 aromatic carbocycles. The van der Waals surface area contributed by atoms with Crippen LogP contribution in [-0.2, 0) is 0 Å². The maximum atomic E-state index is 13.2. The second-order valence-corrected chi connectivity index (χ2v) is 3.55. The van der Waals surface area contributed by atoms with Crippen molar-refractivity contribution >= 4 is 23.6 Å². The smallest absolute Gasteiger partial charge is 0.411 e. The molecule has 2 aromatic heterocycles. The van der Waals surface area contributed by atoms with Gasteiger partial charge in [-0.1, -0.05) is 11.6 Å². The molecule has 0 spiro atoms. The van der Waals surface area contributed by atoms with Crippen LogP contribution in [0.25, 0.3) is 11.3 Å². The van der Waals surface area contributed by atoms with Crippen LogP contribution in [0.1, 0.15) is 0 Å². The van der Waals surface area contributed by atoms with Gasteiger partial charge < -0.3 is 5.11 Å². The molecule has 1 amide bonds. The van der Waals surface area contributed by atoms with Crippen LogP contribution < -0.4 is 5.32 Å². The second kappa shape index (κ2) is 4.92. The number of nitrogens with one attached hydrogen (secondary N) is 1. The third kappa shape index (κ3) is 2.69. The van der Waals surface area contributed by atoms with E-state index >= 15 is 0 Å². The molecule has 2 aromatic rings. The first-order chi connectivity index (χ1) is 8.56. The van der Waals surface area contributed by atoms with Gasteiger partial charge in [-0.3, -0.25) is 5.32 Å². The van der Waals surface area contributed by atoms with Crippen LogP contribution >= 0.6 is 11.6 Å². The molecule has 0 bridgehead atoms. The fraction of sp³-hybridized carbons (Fsp3) is 0. The van der Waals surface area contributed by atoms with Gasteiger partial charge in [-0.25, -0.2) is 24.1 Å². The number of halogens is 2. The van der Waals surface area contributed by atoms with E-state index in [1.807, 2.05) is 5.32 Å². The fourth-order valence-electron chi connectivity index (χ4n) is 1.24. The van der Waals surface area contributed by atoms with Crippen molar-refractivity contribution in [2.24, 2.45) is 0 Å². The topological polar surface area (TPSA) is 88.0 Å². The molecule has 2 heterocycles. The van der Waals surface area contributed by atoms with Crippen LogP contribution in [0, 0.1) is 5.82 Å². The monoisotopic (exact) mass is 268 g/mol. The Bertz CT molecular complexity index is 608. The Labute approximate surface area is 105 Å². The third-order valence-corrected chi connectivity index (χ3v) is 2.24. The molecule has 2 rings (SSSR count). The van der Waals surface area contributed by atoms with E-state index in [0.29, 0.717) is 11.3 Å². The molecule has 0 unspecified atom stereocenters. The summed E-state index contributed by atoms with van der Waals surface area (Å²) in [5, 5.41) is 10.3. The normalized spacial score (nSPS) is 10.1. The SMILES string of the molecule is O=C(O)Nc1nccc(-c2cnc(Cl)c(F)c2)n1. The number of nitrogens with zero attached hydrogens (tertiary/aromatic N) is 3. The standard InChI is InChI=1S/C10H6ClFN4O2/c11-8-6(12)3-5(4-14-8)7-1-2-13-9(15-7)16-10(17)18/h1-4H,(H,17,18)(H,13,15,16). The molecule has 92 valence electrons. The summed E-state index contributed by atoms with van der Waals surface area (Å²) in [7, 11) is 0. The van der Waals surface area contributed by atoms with Gasteiger partial charge in [0.15, 0.2) is 11.0 Å². The summed E-state index contributed by atoms with van der Waals surface area (Å²) in [5.41, 5.74) is 0.699. The number of hydrogen-bond acceptors (Lipinski definition) is 4. The van der Waals surface area contributed by atoms with Crippen molar-refractivity contribution in [1.82, 2.24) is 15.0 Å². The zero-order chi connectivity index (χ0) is 13.1. The minimum Gasteiger partial charge on any atom is -0.465 e. The average molecular weight is 269 g/mol.